The molecule has 26 heavy (non-hydrogen) atoms. The highest BCUT2D eigenvalue weighted by molar-refractivity contribution is 5.81. The fourth-order valence-corrected chi connectivity index (χ4v) is 2.73. The van der Waals surface area contributed by atoms with Gasteiger partial charge in [0.1, 0.15) is 0 Å². The van der Waals surface area contributed by atoms with Crippen LogP contribution in [-0.4, -0.2) is 38.1 Å². The SMILES string of the molecule is COc1cccc(CN(C)C(C)C(=O)NCc2ccc(C)cc2)c1OC. The van der Waals surface area contributed by atoms with E-state index in [1.54, 1.807) is 14.2 Å². The number of ether oxygens (including phenoxy) is 2. The van der Waals surface area contributed by atoms with Gasteiger partial charge in [0.2, 0.25) is 5.91 Å². The molecular weight excluding hydrogens is 328 g/mol. The van der Waals surface area contributed by atoms with Gasteiger partial charge in [-0.3, -0.25) is 9.69 Å². The molecule has 5 heteroatoms. The summed E-state index contributed by atoms with van der Waals surface area (Å²) in [5.74, 6) is 1.39. The molecule has 2 aromatic carbocycles. The molecule has 1 N–H and O–H groups in total. The van der Waals surface area contributed by atoms with E-state index in [1.165, 1.54) is 5.56 Å². The summed E-state index contributed by atoms with van der Waals surface area (Å²) in [7, 11) is 5.17. The quantitative estimate of drug-likeness (QED) is 0.789. The van der Waals surface area contributed by atoms with E-state index >= 15 is 0 Å². The number of aryl methyl sites for hydroxylation is 1. The minimum absolute atomic E-state index is 0.00469. The maximum atomic E-state index is 12.5. The fraction of sp³-hybridized carbons (Fsp3) is 0.381. The van der Waals surface area contributed by atoms with Gasteiger partial charge in [-0.15, -0.1) is 0 Å². The van der Waals surface area contributed by atoms with Crippen molar-refractivity contribution in [2.75, 3.05) is 21.3 Å². The molecule has 2 rings (SSSR count). The highest BCUT2D eigenvalue weighted by atomic mass is 16.5. The molecule has 140 valence electrons. The van der Waals surface area contributed by atoms with Crippen molar-refractivity contribution in [2.24, 2.45) is 0 Å². The van der Waals surface area contributed by atoms with Gasteiger partial charge in [0.15, 0.2) is 11.5 Å². The molecule has 0 aliphatic heterocycles. The minimum atomic E-state index is -0.267. The van der Waals surface area contributed by atoms with Gasteiger partial charge >= 0.3 is 0 Å². The van der Waals surface area contributed by atoms with Gasteiger partial charge in [0.05, 0.1) is 20.3 Å². The number of hydrogen-bond donors (Lipinski definition) is 1. The maximum Gasteiger partial charge on any atom is 0.237 e. The number of likely N-dealkylation sites (N-methyl/N-ethyl adjacent to an activating group) is 1. The van der Waals surface area contributed by atoms with Gasteiger partial charge in [-0.05, 0) is 32.5 Å². The topological polar surface area (TPSA) is 50.8 Å². The van der Waals surface area contributed by atoms with Gasteiger partial charge in [0, 0.05) is 18.7 Å². The predicted octanol–water partition coefficient (Wildman–Crippen LogP) is 3.15. The molecule has 2 aromatic rings. The van der Waals surface area contributed by atoms with Crippen LogP contribution in [0.5, 0.6) is 11.5 Å². The largest absolute Gasteiger partial charge is 0.493 e. The van der Waals surface area contributed by atoms with Crippen LogP contribution < -0.4 is 14.8 Å². The molecule has 1 atom stereocenters. The van der Waals surface area contributed by atoms with Gasteiger partial charge in [-0.25, -0.2) is 0 Å². The average molecular weight is 356 g/mol. The van der Waals surface area contributed by atoms with Crippen molar-refractivity contribution in [1.29, 1.82) is 0 Å². The molecule has 1 unspecified atom stereocenters. The zero-order valence-electron chi connectivity index (χ0n) is 16.2. The second-order valence-corrected chi connectivity index (χ2v) is 6.45. The van der Waals surface area contributed by atoms with Crippen LogP contribution in [-0.2, 0) is 17.9 Å². The number of carbonyl (C=O) groups is 1. The number of hydrogen-bond acceptors (Lipinski definition) is 4. The van der Waals surface area contributed by atoms with Gasteiger partial charge in [0.25, 0.3) is 0 Å². The Labute approximate surface area is 155 Å². The van der Waals surface area contributed by atoms with Crippen molar-refractivity contribution >= 4 is 5.91 Å². The maximum absolute atomic E-state index is 12.5. The van der Waals surface area contributed by atoms with Crippen molar-refractivity contribution in [2.45, 2.75) is 33.0 Å². The average Bonchev–Trinajstić information content (AvgIpc) is 2.66. The summed E-state index contributed by atoms with van der Waals surface area (Å²) in [6.07, 6.45) is 0. The first-order chi connectivity index (χ1) is 12.5. The van der Waals surface area contributed by atoms with E-state index < -0.39 is 0 Å². The lowest BCUT2D eigenvalue weighted by Crippen LogP contribution is -2.42. The summed E-state index contributed by atoms with van der Waals surface area (Å²) >= 11 is 0. The lowest BCUT2D eigenvalue weighted by atomic mass is 10.1. The van der Waals surface area contributed by atoms with Crippen LogP contribution in [0.3, 0.4) is 0 Å². The summed E-state index contributed by atoms with van der Waals surface area (Å²) in [5, 5.41) is 3.00. The van der Waals surface area contributed by atoms with Crippen LogP contribution in [0.1, 0.15) is 23.6 Å². The van der Waals surface area contributed by atoms with Crippen molar-refractivity contribution in [3.8, 4) is 11.5 Å². The van der Waals surface area contributed by atoms with E-state index in [1.807, 2.05) is 68.3 Å². The molecule has 5 nitrogen and oxygen atoms in total. The molecule has 0 aliphatic carbocycles. The van der Waals surface area contributed by atoms with Crippen molar-refractivity contribution in [3.63, 3.8) is 0 Å². The second kappa shape index (κ2) is 9.25. The number of nitrogens with zero attached hydrogens (tertiary/aromatic N) is 1. The number of rotatable bonds is 8. The van der Waals surface area contributed by atoms with Crippen LogP contribution in [0.4, 0.5) is 0 Å². The van der Waals surface area contributed by atoms with Crippen molar-refractivity contribution in [1.82, 2.24) is 10.2 Å². The molecule has 0 saturated heterocycles. The van der Waals surface area contributed by atoms with Crippen LogP contribution in [0.15, 0.2) is 42.5 Å². The van der Waals surface area contributed by atoms with Gasteiger partial charge in [-0.2, -0.15) is 0 Å². The number of carbonyl (C=O) groups excluding carboxylic acids is 1. The molecule has 0 aromatic heterocycles. The highest BCUT2D eigenvalue weighted by Gasteiger charge is 2.20. The standard InChI is InChI=1S/C21H28N2O3/c1-15-9-11-17(12-10-15)13-22-21(24)16(2)23(3)14-18-7-6-8-19(25-4)20(18)26-5/h6-12,16H,13-14H2,1-5H3,(H,22,24). The number of amides is 1. The minimum Gasteiger partial charge on any atom is -0.493 e. The molecule has 1 amide bonds. The smallest absolute Gasteiger partial charge is 0.237 e. The Morgan fingerprint density at radius 3 is 2.42 bits per heavy atom. The van der Waals surface area contributed by atoms with E-state index in [9.17, 15) is 4.79 Å². The zero-order valence-corrected chi connectivity index (χ0v) is 16.2. The third-order valence-electron chi connectivity index (χ3n) is 4.53. The Bertz CT molecular complexity index is 729. The molecule has 0 radical (unpaired) electrons. The number of para-hydroxylation sites is 1. The fourth-order valence-electron chi connectivity index (χ4n) is 2.73. The van der Waals surface area contributed by atoms with Crippen LogP contribution >= 0.6 is 0 Å². The van der Waals surface area contributed by atoms with E-state index in [-0.39, 0.29) is 11.9 Å². The Balaban J connectivity index is 1.97. The van der Waals surface area contributed by atoms with E-state index in [4.69, 9.17) is 9.47 Å². The van der Waals surface area contributed by atoms with Crippen LogP contribution in [0, 0.1) is 6.92 Å². The van der Waals surface area contributed by atoms with Gasteiger partial charge < -0.3 is 14.8 Å². The molecule has 0 heterocycles. The molecular formula is C21H28N2O3. The lowest BCUT2D eigenvalue weighted by Gasteiger charge is -2.25. The second-order valence-electron chi connectivity index (χ2n) is 6.45. The number of nitrogens with one attached hydrogen (secondary N) is 1. The van der Waals surface area contributed by atoms with E-state index in [2.05, 4.69) is 5.32 Å². The predicted molar refractivity (Wildman–Crippen MR) is 104 cm³/mol. The normalized spacial score (nSPS) is 11.9. The zero-order chi connectivity index (χ0) is 19.1. The Morgan fingerprint density at radius 2 is 1.81 bits per heavy atom. The number of benzene rings is 2. The number of methoxy groups -OCH3 is 2. The molecule has 0 aliphatic rings. The first-order valence-electron chi connectivity index (χ1n) is 8.69. The van der Waals surface area contributed by atoms with Crippen molar-refractivity contribution in [3.05, 3.63) is 59.2 Å². The Morgan fingerprint density at radius 1 is 1.12 bits per heavy atom. The molecule has 0 bridgehead atoms. The monoisotopic (exact) mass is 356 g/mol. The lowest BCUT2D eigenvalue weighted by molar-refractivity contribution is -0.125. The van der Waals surface area contributed by atoms with Crippen LogP contribution in [0.2, 0.25) is 0 Å². The first kappa shape index (κ1) is 19.8. The molecule has 0 fully saturated rings. The molecule has 0 saturated carbocycles. The summed E-state index contributed by atoms with van der Waals surface area (Å²) in [4.78, 5) is 14.5. The third-order valence-corrected chi connectivity index (χ3v) is 4.53. The van der Waals surface area contributed by atoms with E-state index in [0.29, 0.717) is 24.6 Å². The summed E-state index contributed by atoms with van der Waals surface area (Å²) in [5.41, 5.74) is 3.28. The Hall–Kier alpha value is -2.53. The highest BCUT2D eigenvalue weighted by Crippen LogP contribution is 2.31. The van der Waals surface area contributed by atoms with E-state index in [0.717, 1.165) is 11.1 Å². The molecule has 0 spiro atoms. The van der Waals surface area contributed by atoms with Crippen LogP contribution in [0.25, 0.3) is 0 Å². The summed E-state index contributed by atoms with van der Waals surface area (Å²) in [6.45, 7) is 5.06. The third kappa shape index (κ3) is 4.99. The first-order valence-corrected chi connectivity index (χ1v) is 8.69. The van der Waals surface area contributed by atoms with Gasteiger partial charge in [-0.1, -0.05) is 42.0 Å². The Kier molecular flexibility index (Phi) is 7.04. The summed E-state index contributed by atoms with van der Waals surface area (Å²) < 4.78 is 10.8. The summed E-state index contributed by atoms with van der Waals surface area (Å²) in [6, 6.07) is 13.7. The van der Waals surface area contributed by atoms with Crippen molar-refractivity contribution < 1.29 is 14.3 Å².